The molecule has 0 aromatic carbocycles. The van der Waals surface area contributed by atoms with Gasteiger partial charge in [-0.15, -0.1) is 11.8 Å². The van der Waals surface area contributed by atoms with Crippen molar-refractivity contribution in [1.29, 1.82) is 0 Å². The first-order chi connectivity index (χ1) is 13.7. The number of rotatable bonds is 7. The highest BCUT2D eigenvalue weighted by Gasteiger charge is 2.53. The van der Waals surface area contributed by atoms with Gasteiger partial charge in [0, 0.05) is 35.7 Å². The van der Waals surface area contributed by atoms with E-state index in [1.807, 2.05) is 18.4 Å². The number of thioether (sulfide) groups is 1. The Bertz CT molecular complexity index is 863. The van der Waals surface area contributed by atoms with E-state index in [4.69, 9.17) is 4.74 Å². The van der Waals surface area contributed by atoms with Crippen LogP contribution in [0.25, 0.3) is 0 Å². The summed E-state index contributed by atoms with van der Waals surface area (Å²) >= 11 is 1.58. The van der Waals surface area contributed by atoms with E-state index in [0.29, 0.717) is 30.0 Å². The number of nitrogens with zero attached hydrogens (tertiary/aromatic N) is 2. The quantitative estimate of drug-likeness (QED) is 0.489. The first-order valence-electron chi connectivity index (χ1n) is 9.57. The van der Waals surface area contributed by atoms with E-state index in [9.17, 15) is 19.2 Å². The van der Waals surface area contributed by atoms with Crippen LogP contribution in [0.3, 0.4) is 0 Å². The second-order valence-electron chi connectivity index (χ2n) is 7.56. The first kappa shape index (κ1) is 21.4. The third-order valence-corrected chi connectivity index (χ3v) is 7.21. The van der Waals surface area contributed by atoms with Crippen molar-refractivity contribution in [3.8, 4) is 0 Å². The number of amides is 1. The maximum atomic E-state index is 12.6. The van der Waals surface area contributed by atoms with Crippen molar-refractivity contribution in [1.82, 2.24) is 9.47 Å². The molecule has 2 atom stereocenters. The normalized spacial score (nSPS) is 23.2. The minimum absolute atomic E-state index is 0.0417. The van der Waals surface area contributed by atoms with Crippen molar-refractivity contribution in [2.45, 2.75) is 57.5 Å². The van der Waals surface area contributed by atoms with Crippen molar-refractivity contribution < 1.29 is 28.7 Å². The van der Waals surface area contributed by atoms with E-state index in [2.05, 4.69) is 4.74 Å². The van der Waals surface area contributed by atoms with Crippen LogP contribution in [0.1, 0.15) is 47.9 Å². The minimum atomic E-state index is -0.639. The summed E-state index contributed by atoms with van der Waals surface area (Å²) in [5.41, 5.74) is 2.01. The van der Waals surface area contributed by atoms with Crippen LogP contribution in [0.5, 0.6) is 0 Å². The van der Waals surface area contributed by atoms with Gasteiger partial charge in [0.1, 0.15) is 6.04 Å². The molecule has 2 aliphatic heterocycles. The van der Waals surface area contributed by atoms with Crippen molar-refractivity contribution >= 4 is 35.4 Å². The molecular formula is C20H26N2O6S. The molecule has 1 aromatic heterocycles. The monoisotopic (exact) mass is 422 g/mol. The van der Waals surface area contributed by atoms with Crippen LogP contribution in [0.4, 0.5) is 0 Å². The largest absolute Gasteiger partial charge is 0.469 e. The maximum Gasteiger partial charge on any atom is 0.330 e. The number of ether oxygens (including phenoxy) is 2. The summed E-state index contributed by atoms with van der Waals surface area (Å²) in [6.45, 7) is 5.64. The zero-order valence-corrected chi connectivity index (χ0v) is 18.0. The van der Waals surface area contributed by atoms with Gasteiger partial charge in [-0.1, -0.05) is 0 Å². The third-order valence-electron chi connectivity index (χ3n) is 5.70. The molecule has 8 nitrogen and oxygen atoms in total. The molecule has 0 radical (unpaired) electrons. The van der Waals surface area contributed by atoms with Gasteiger partial charge in [0.25, 0.3) is 0 Å². The van der Waals surface area contributed by atoms with E-state index in [1.165, 1.54) is 7.11 Å². The number of carbonyl (C=O) groups is 4. The number of esters is 2. The number of methoxy groups -OCH3 is 1. The Morgan fingerprint density at radius 1 is 1.31 bits per heavy atom. The van der Waals surface area contributed by atoms with Gasteiger partial charge >= 0.3 is 11.9 Å². The van der Waals surface area contributed by atoms with Crippen LogP contribution in [-0.4, -0.2) is 63.5 Å². The predicted molar refractivity (Wildman–Crippen MR) is 107 cm³/mol. The molecule has 2 fully saturated rings. The van der Waals surface area contributed by atoms with Gasteiger partial charge in [0.2, 0.25) is 11.7 Å². The summed E-state index contributed by atoms with van der Waals surface area (Å²) in [5, 5.41) is 0. The second kappa shape index (κ2) is 8.22. The average molecular weight is 423 g/mol. The highest BCUT2D eigenvalue weighted by atomic mass is 32.2. The number of aromatic nitrogens is 1. The first-order valence-corrected chi connectivity index (χ1v) is 10.6. The standard InChI is InChI=1S/C20H26N2O6S/c1-12-9-14(13(2)21(12)8-6-18(25)27-4)16(23)10-28-19(26)15-11-29-20(3)7-5-17(24)22(15)20/h9,15H,5-8,10-11H2,1-4H3/t15-,20+/m1/s1. The molecule has 29 heavy (non-hydrogen) atoms. The fraction of sp³-hybridized carbons (Fsp3) is 0.600. The molecule has 158 valence electrons. The molecule has 2 saturated heterocycles. The molecule has 1 aromatic rings. The lowest BCUT2D eigenvalue weighted by atomic mass is 10.1. The molecule has 3 heterocycles. The summed E-state index contributed by atoms with van der Waals surface area (Å²) in [7, 11) is 1.34. The van der Waals surface area contributed by atoms with E-state index in [1.54, 1.807) is 29.7 Å². The SMILES string of the molecule is COC(=O)CCn1c(C)cc(C(=O)COC(=O)[C@H]2CS[C@@]3(C)CCC(=O)N23)c1C. The molecule has 9 heteroatoms. The number of Topliss-reactive ketones (excluding diaryl/α,β-unsaturated/α-hetero) is 1. The van der Waals surface area contributed by atoms with Gasteiger partial charge in [0.05, 0.1) is 18.4 Å². The molecule has 0 spiro atoms. The summed E-state index contributed by atoms with van der Waals surface area (Å²) in [5.74, 6) is -0.726. The van der Waals surface area contributed by atoms with Crippen LogP contribution in [0.2, 0.25) is 0 Å². The van der Waals surface area contributed by atoms with Crippen LogP contribution < -0.4 is 0 Å². The Balaban J connectivity index is 1.62. The molecule has 3 rings (SSSR count). The third kappa shape index (κ3) is 4.05. The fourth-order valence-corrected chi connectivity index (χ4v) is 5.46. The van der Waals surface area contributed by atoms with Gasteiger partial charge in [-0.05, 0) is 33.3 Å². The molecule has 2 aliphatic rings. The van der Waals surface area contributed by atoms with E-state index in [0.717, 1.165) is 12.1 Å². The minimum Gasteiger partial charge on any atom is -0.469 e. The Hall–Kier alpha value is -2.29. The van der Waals surface area contributed by atoms with E-state index >= 15 is 0 Å². The lowest BCUT2D eigenvalue weighted by molar-refractivity contribution is -0.152. The Labute approximate surface area is 173 Å². The zero-order valence-electron chi connectivity index (χ0n) is 17.1. The van der Waals surface area contributed by atoms with Gasteiger partial charge in [-0.25, -0.2) is 4.79 Å². The van der Waals surface area contributed by atoms with Gasteiger partial charge in [-0.2, -0.15) is 0 Å². The lowest BCUT2D eigenvalue weighted by Crippen LogP contribution is -2.46. The molecule has 0 saturated carbocycles. The molecule has 0 bridgehead atoms. The van der Waals surface area contributed by atoms with Crippen LogP contribution >= 0.6 is 11.8 Å². The molecular weight excluding hydrogens is 396 g/mol. The van der Waals surface area contributed by atoms with Crippen LogP contribution in [-0.2, 0) is 30.4 Å². The van der Waals surface area contributed by atoms with Crippen molar-refractivity contribution in [3.63, 3.8) is 0 Å². The Morgan fingerprint density at radius 2 is 2.03 bits per heavy atom. The van der Waals surface area contributed by atoms with E-state index < -0.39 is 12.0 Å². The van der Waals surface area contributed by atoms with Crippen LogP contribution in [0, 0.1) is 13.8 Å². The molecule has 0 unspecified atom stereocenters. The Kier molecular flexibility index (Phi) is 6.07. The number of hydrogen-bond acceptors (Lipinski definition) is 7. The van der Waals surface area contributed by atoms with Crippen molar-refractivity contribution in [2.75, 3.05) is 19.5 Å². The fourth-order valence-electron chi connectivity index (χ4n) is 4.04. The Morgan fingerprint density at radius 3 is 2.72 bits per heavy atom. The van der Waals surface area contributed by atoms with Gasteiger partial charge in [0.15, 0.2) is 6.61 Å². The highest BCUT2D eigenvalue weighted by Crippen LogP contribution is 2.47. The van der Waals surface area contributed by atoms with Crippen molar-refractivity contribution in [2.24, 2.45) is 0 Å². The van der Waals surface area contributed by atoms with Crippen LogP contribution in [0.15, 0.2) is 6.07 Å². The lowest BCUT2D eigenvalue weighted by Gasteiger charge is -2.29. The van der Waals surface area contributed by atoms with Gasteiger partial charge < -0.3 is 18.9 Å². The predicted octanol–water partition coefficient (Wildman–Crippen LogP) is 1.85. The number of hydrogen-bond donors (Lipinski definition) is 0. The topological polar surface area (TPSA) is 94.9 Å². The average Bonchev–Trinajstić information content (AvgIpc) is 3.28. The summed E-state index contributed by atoms with van der Waals surface area (Å²) < 4.78 is 11.8. The molecule has 0 aliphatic carbocycles. The summed E-state index contributed by atoms with van der Waals surface area (Å²) in [6.07, 6.45) is 1.36. The smallest absolute Gasteiger partial charge is 0.330 e. The summed E-state index contributed by atoms with van der Waals surface area (Å²) in [6, 6.07) is 1.09. The highest BCUT2D eigenvalue weighted by molar-refractivity contribution is 8.01. The van der Waals surface area contributed by atoms with Gasteiger partial charge in [-0.3, -0.25) is 14.4 Å². The maximum absolute atomic E-state index is 12.6. The number of carbonyl (C=O) groups excluding carboxylic acids is 4. The second-order valence-corrected chi connectivity index (χ2v) is 9.06. The number of fused-ring (bicyclic) bond motifs is 1. The number of ketones is 1. The molecule has 0 N–H and O–H groups in total. The zero-order chi connectivity index (χ0) is 21.3. The van der Waals surface area contributed by atoms with Crippen molar-refractivity contribution in [3.05, 3.63) is 23.0 Å². The summed E-state index contributed by atoms with van der Waals surface area (Å²) in [4.78, 5) is 50.0. The molecule has 1 amide bonds. The van der Waals surface area contributed by atoms with E-state index in [-0.39, 0.29) is 35.6 Å². The number of aryl methyl sites for hydroxylation is 1.